The van der Waals surface area contributed by atoms with Crippen LogP contribution in [0.25, 0.3) is 0 Å². The van der Waals surface area contributed by atoms with Crippen molar-refractivity contribution in [2.24, 2.45) is 0 Å². The van der Waals surface area contributed by atoms with Crippen molar-refractivity contribution in [3.8, 4) is 0 Å². The fraction of sp³-hybridized carbons (Fsp3) is 0.500. The average molecular weight is 350 g/mol. The summed E-state index contributed by atoms with van der Waals surface area (Å²) in [6.45, 7) is 5.59. The van der Waals surface area contributed by atoms with Crippen molar-refractivity contribution in [3.05, 3.63) is 33.6 Å². The summed E-state index contributed by atoms with van der Waals surface area (Å²) in [7, 11) is 0. The molecule has 1 fully saturated rings. The van der Waals surface area contributed by atoms with Gasteiger partial charge in [0.1, 0.15) is 5.82 Å². The third-order valence-corrected chi connectivity index (χ3v) is 3.82. The minimum atomic E-state index is -0.398. The Balaban J connectivity index is 0.00000162. The van der Waals surface area contributed by atoms with E-state index in [0.29, 0.717) is 10.6 Å². The summed E-state index contributed by atoms with van der Waals surface area (Å²) in [4.78, 5) is 2.21. The third kappa shape index (κ3) is 4.35. The molecule has 1 aromatic carbocycles. The summed E-state index contributed by atoms with van der Waals surface area (Å²) in [6, 6.07) is 3.09. The molecule has 1 saturated heterocycles. The van der Waals surface area contributed by atoms with Crippen LogP contribution in [0.3, 0.4) is 0 Å². The molecule has 110 valence electrons. The molecule has 0 aromatic heterocycles. The molecule has 0 amide bonds. The Bertz CT molecular complexity index is 411. The van der Waals surface area contributed by atoms with Gasteiger partial charge in [-0.2, -0.15) is 0 Å². The van der Waals surface area contributed by atoms with Crippen molar-refractivity contribution in [2.45, 2.75) is 13.0 Å². The number of hydrogen-bond acceptors (Lipinski definition) is 2. The van der Waals surface area contributed by atoms with E-state index in [1.807, 2.05) is 6.92 Å². The highest BCUT2D eigenvalue weighted by atomic mass is 35.5. The van der Waals surface area contributed by atoms with Crippen molar-refractivity contribution in [3.63, 3.8) is 0 Å². The van der Waals surface area contributed by atoms with Gasteiger partial charge in [0.05, 0.1) is 5.02 Å². The van der Waals surface area contributed by atoms with Crippen LogP contribution in [0.15, 0.2) is 12.1 Å². The van der Waals surface area contributed by atoms with E-state index in [1.165, 1.54) is 6.07 Å². The minimum Gasteiger partial charge on any atom is -0.314 e. The number of rotatable bonds is 2. The van der Waals surface area contributed by atoms with Crippen LogP contribution >= 0.6 is 48.0 Å². The summed E-state index contributed by atoms with van der Waals surface area (Å²) in [5, 5.41) is 3.84. The normalized spacial score (nSPS) is 17.3. The second kappa shape index (κ2) is 8.50. The van der Waals surface area contributed by atoms with Gasteiger partial charge in [-0.25, -0.2) is 4.39 Å². The van der Waals surface area contributed by atoms with Gasteiger partial charge in [-0.05, 0) is 19.1 Å². The van der Waals surface area contributed by atoms with E-state index >= 15 is 0 Å². The lowest BCUT2D eigenvalue weighted by Gasteiger charge is -2.33. The van der Waals surface area contributed by atoms with Crippen LogP contribution in [0.5, 0.6) is 0 Å². The summed E-state index contributed by atoms with van der Waals surface area (Å²) < 4.78 is 14.0. The molecule has 0 saturated carbocycles. The summed E-state index contributed by atoms with van der Waals surface area (Å²) in [5.74, 6) is -0.398. The molecular weight excluding hydrogens is 333 g/mol. The maximum Gasteiger partial charge on any atom is 0.148 e. The van der Waals surface area contributed by atoms with E-state index in [9.17, 15) is 4.39 Å². The zero-order valence-corrected chi connectivity index (χ0v) is 13.6. The van der Waals surface area contributed by atoms with Gasteiger partial charge in [-0.1, -0.05) is 23.2 Å². The number of hydrogen-bond donors (Lipinski definition) is 1. The van der Waals surface area contributed by atoms with Crippen LogP contribution in [0.4, 0.5) is 4.39 Å². The summed E-state index contributed by atoms with van der Waals surface area (Å²) in [6.07, 6.45) is 0. The molecule has 1 aliphatic heterocycles. The molecule has 1 heterocycles. The smallest absolute Gasteiger partial charge is 0.148 e. The van der Waals surface area contributed by atoms with Gasteiger partial charge in [-0.15, -0.1) is 24.8 Å². The van der Waals surface area contributed by atoms with Crippen LogP contribution in [0.1, 0.15) is 18.5 Å². The number of nitrogens with one attached hydrogen (secondary N) is 1. The van der Waals surface area contributed by atoms with Gasteiger partial charge < -0.3 is 5.32 Å². The van der Waals surface area contributed by atoms with E-state index in [4.69, 9.17) is 23.2 Å². The van der Waals surface area contributed by atoms with Gasteiger partial charge in [0.2, 0.25) is 0 Å². The molecule has 0 aliphatic carbocycles. The van der Waals surface area contributed by atoms with Crippen molar-refractivity contribution in [1.29, 1.82) is 0 Å². The Morgan fingerprint density at radius 1 is 1.16 bits per heavy atom. The first-order valence-corrected chi connectivity index (χ1v) is 6.45. The molecule has 0 unspecified atom stereocenters. The second-order valence-electron chi connectivity index (χ2n) is 4.22. The fourth-order valence-corrected chi connectivity index (χ4v) is 2.65. The average Bonchev–Trinajstić information content (AvgIpc) is 2.35. The first kappa shape index (κ1) is 19.2. The predicted molar refractivity (Wildman–Crippen MR) is 83.8 cm³/mol. The van der Waals surface area contributed by atoms with Crippen LogP contribution in [-0.4, -0.2) is 31.1 Å². The second-order valence-corrected chi connectivity index (χ2v) is 5.03. The molecule has 1 aromatic rings. The van der Waals surface area contributed by atoms with Crippen molar-refractivity contribution in [1.82, 2.24) is 10.2 Å². The van der Waals surface area contributed by atoms with E-state index in [-0.39, 0.29) is 35.9 Å². The van der Waals surface area contributed by atoms with Gasteiger partial charge in [-0.3, -0.25) is 4.90 Å². The first-order chi connectivity index (χ1) is 8.11. The highest BCUT2D eigenvalue weighted by Gasteiger charge is 2.24. The Kier molecular flexibility index (Phi) is 8.60. The Morgan fingerprint density at radius 2 is 1.68 bits per heavy atom. The maximum atomic E-state index is 14.0. The number of halogens is 5. The molecule has 2 rings (SSSR count). The van der Waals surface area contributed by atoms with Crippen molar-refractivity contribution >= 4 is 48.0 Å². The van der Waals surface area contributed by atoms with E-state index in [0.717, 1.165) is 26.2 Å². The topological polar surface area (TPSA) is 15.3 Å². The van der Waals surface area contributed by atoms with Crippen LogP contribution in [0, 0.1) is 5.82 Å². The first-order valence-electron chi connectivity index (χ1n) is 5.69. The van der Waals surface area contributed by atoms with Crippen LogP contribution in [0.2, 0.25) is 10.0 Å². The monoisotopic (exact) mass is 348 g/mol. The standard InChI is InChI=1S/C12H15Cl2FN2.2ClH/c1-8(17-6-4-16-5-7-17)11-9(13)2-3-10(14)12(11)15;;/h2-3,8,16H,4-7H2,1H3;2*1H/t8-;;/m0../s1. The lowest BCUT2D eigenvalue weighted by Crippen LogP contribution is -2.44. The maximum absolute atomic E-state index is 14.0. The van der Waals surface area contributed by atoms with Gasteiger partial charge >= 0.3 is 0 Å². The molecule has 2 nitrogen and oxygen atoms in total. The zero-order valence-electron chi connectivity index (χ0n) is 10.5. The van der Waals surface area contributed by atoms with Gasteiger partial charge in [0.25, 0.3) is 0 Å². The number of piperazine rings is 1. The molecule has 1 aliphatic rings. The molecule has 7 heteroatoms. The SMILES string of the molecule is C[C@@H](c1c(Cl)ccc(Cl)c1F)N1CCNCC1.Cl.Cl. The molecule has 19 heavy (non-hydrogen) atoms. The molecule has 0 radical (unpaired) electrons. The Labute approximate surface area is 135 Å². The molecular formula is C12H17Cl4FN2. The minimum absolute atomic E-state index is 0. The lowest BCUT2D eigenvalue weighted by atomic mass is 10.1. The number of benzene rings is 1. The van der Waals surface area contributed by atoms with E-state index < -0.39 is 5.82 Å². The highest BCUT2D eigenvalue weighted by Crippen LogP contribution is 2.33. The zero-order chi connectivity index (χ0) is 12.4. The Hall–Kier alpha value is 0.230. The largest absolute Gasteiger partial charge is 0.314 e. The summed E-state index contributed by atoms with van der Waals surface area (Å²) >= 11 is 11.9. The quantitative estimate of drug-likeness (QED) is 0.813. The van der Waals surface area contributed by atoms with Crippen molar-refractivity contribution < 1.29 is 4.39 Å². The number of nitrogens with zero attached hydrogens (tertiary/aromatic N) is 1. The van der Waals surface area contributed by atoms with E-state index in [1.54, 1.807) is 6.07 Å². The van der Waals surface area contributed by atoms with Crippen LogP contribution < -0.4 is 5.32 Å². The Morgan fingerprint density at radius 3 is 2.26 bits per heavy atom. The molecule has 1 N–H and O–H groups in total. The lowest BCUT2D eigenvalue weighted by molar-refractivity contribution is 0.182. The van der Waals surface area contributed by atoms with Gasteiger partial charge in [0.15, 0.2) is 0 Å². The summed E-state index contributed by atoms with van der Waals surface area (Å²) in [5.41, 5.74) is 0.501. The fourth-order valence-electron chi connectivity index (χ4n) is 2.18. The van der Waals surface area contributed by atoms with E-state index in [2.05, 4.69) is 10.2 Å². The molecule has 0 bridgehead atoms. The molecule has 0 spiro atoms. The highest BCUT2D eigenvalue weighted by molar-refractivity contribution is 6.33. The molecule has 1 atom stereocenters. The predicted octanol–water partition coefficient (Wildman–Crippen LogP) is 3.94. The third-order valence-electron chi connectivity index (χ3n) is 3.20. The van der Waals surface area contributed by atoms with Crippen LogP contribution in [-0.2, 0) is 0 Å². The van der Waals surface area contributed by atoms with Crippen molar-refractivity contribution in [2.75, 3.05) is 26.2 Å². The van der Waals surface area contributed by atoms with Gasteiger partial charge in [0, 0.05) is 42.8 Å².